The van der Waals surface area contributed by atoms with Crippen LogP contribution < -0.4 is 10.2 Å². The number of anilines is 2. The molecule has 1 unspecified atom stereocenters. The van der Waals surface area contributed by atoms with Gasteiger partial charge in [-0.05, 0) is 19.9 Å². The van der Waals surface area contributed by atoms with Crippen molar-refractivity contribution in [2.45, 2.75) is 45.1 Å². The van der Waals surface area contributed by atoms with Gasteiger partial charge in [0.25, 0.3) is 12.3 Å². The van der Waals surface area contributed by atoms with E-state index in [0.29, 0.717) is 28.1 Å². The second-order valence-electron chi connectivity index (χ2n) is 7.98. The summed E-state index contributed by atoms with van der Waals surface area (Å²) >= 11 is 0. The van der Waals surface area contributed by atoms with Gasteiger partial charge in [0.1, 0.15) is 5.82 Å². The minimum absolute atomic E-state index is 0.0701. The standard InChI is InChI=1S/C22H22F5N5/c1-12(15-4-3-5-16(18(15)23)20(24)25)29-21-17-10-14(11-28-19(17)13(2)30-31-21)32-8-6-22(26,27)7-9-32/h3-5,10-12,20H,6-9H2,1-2H3,(H,29,31). The van der Waals surface area contributed by atoms with Gasteiger partial charge in [0.05, 0.1) is 34.7 Å². The zero-order valence-corrected chi connectivity index (χ0v) is 17.5. The fraction of sp³-hybridized carbons (Fsp3) is 0.409. The molecular formula is C22H22F5N5. The number of halogens is 5. The minimum Gasteiger partial charge on any atom is -0.370 e. The molecule has 1 saturated heterocycles. The smallest absolute Gasteiger partial charge is 0.266 e. The highest BCUT2D eigenvalue weighted by atomic mass is 19.3. The summed E-state index contributed by atoms with van der Waals surface area (Å²) in [4.78, 5) is 6.27. The van der Waals surface area contributed by atoms with E-state index in [9.17, 15) is 22.0 Å². The second-order valence-corrected chi connectivity index (χ2v) is 7.98. The van der Waals surface area contributed by atoms with Gasteiger partial charge >= 0.3 is 0 Å². The molecule has 170 valence electrons. The quantitative estimate of drug-likeness (QED) is 0.496. The molecule has 0 amide bonds. The summed E-state index contributed by atoms with van der Waals surface area (Å²) < 4.78 is 67.8. The largest absolute Gasteiger partial charge is 0.370 e. The Labute approximate surface area is 181 Å². The summed E-state index contributed by atoms with van der Waals surface area (Å²) in [5.41, 5.74) is 1.20. The third kappa shape index (κ3) is 4.31. The van der Waals surface area contributed by atoms with E-state index in [-0.39, 0.29) is 31.5 Å². The number of hydrogen-bond donors (Lipinski definition) is 1. The Bertz CT molecular complexity index is 1130. The van der Waals surface area contributed by atoms with Crippen LogP contribution in [0.4, 0.5) is 33.5 Å². The second kappa shape index (κ2) is 8.48. The number of benzene rings is 1. The first kappa shape index (κ1) is 22.2. The molecule has 4 rings (SSSR count). The van der Waals surface area contributed by atoms with E-state index < -0.39 is 29.8 Å². The average molecular weight is 451 g/mol. The Morgan fingerprint density at radius 1 is 1.09 bits per heavy atom. The van der Waals surface area contributed by atoms with Gasteiger partial charge in [-0.3, -0.25) is 4.98 Å². The molecule has 1 atom stereocenters. The van der Waals surface area contributed by atoms with Crippen molar-refractivity contribution < 1.29 is 22.0 Å². The Kier molecular flexibility index (Phi) is 5.87. The lowest BCUT2D eigenvalue weighted by Crippen LogP contribution is -2.39. The summed E-state index contributed by atoms with van der Waals surface area (Å²) in [7, 11) is 0. The molecule has 0 bridgehead atoms. The molecule has 5 nitrogen and oxygen atoms in total. The molecule has 1 aliphatic rings. The van der Waals surface area contributed by atoms with Crippen LogP contribution >= 0.6 is 0 Å². The van der Waals surface area contributed by atoms with Gasteiger partial charge in [-0.15, -0.1) is 5.10 Å². The lowest BCUT2D eigenvalue weighted by molar-refractivity contribution is -0.0220. The number of fused-ring (bicyclic) bond motifs is 1. The van der Waals surface area contributed by atoms with Crippen LogP contribution in [0, 0.1) is 12.7 Å². The highest BCUT2D eigenvalue weighted by molar-refractivity contribution is 5.92. The van der Waals surface area contributed by atoms with E-state index in [2.05, 4.69) is 20.5 Å². The number of rotatable bonds is 5. The van der Waals surface area contributed by atoms with Gasteiger partial charge in [0.15, 0.2) is 5.82 Å². The highest BCUT2D eigenvalue weighted by Crippen LogP contribution is 2.34. The van der Waals surface area contributed by atoms with Gasteiger partial charge in [-0.2, -0.15) is 5.10 Å². The Morgan fingerprint density at radius 3 is 2.47 bits per heavy atom. The zero-order valence-electron chi connectivity index (χ0n) is 17.5. The van der Waals surface area contributed by atoms with Gasteiger partial charge in [0.2, 0.25) is 0 Å². The SMILES string of the molecule is Cc1nnc(NC(C)c2cccc(C(F)F)c2F)c2cc(N3CCC(F)(F)CC3)cnc12. The number of pyridine rings is 1. The van der Waals surface area contributed by atoms with Gasteiger partial charge in [-0.25, -0.2) is 22.0 Å². The molecule has 1 fully saturated rings. The number of piperidine rings is 1. The fourth-order valence-electron chi connectivity index (χ4n) is 3.87. The highest BCUT2D eigenvalue weighted by Gasteiger charge is 2.34. The predicted octanol–water partition coefficient (Wildman–Crippen LogP) is 5.82. The van der Waals surface area contributed by atoms with E-state index in [4.69, 9.17) is 0 Å². The first-order valence-electron chi connectivity index (χ1n) is 10.2. The van der Waals surface area contributed by atoms with Crippen LogP contribution in [-0.4, -0.2) is 34.2 Å². The normalized spacial score (nSPS) is 17.1. The molecule has 0 saturated carbocycles. The van der Waals surface area contributed by atoms with Crippen molar-refractivity contribution in [3.8, 4) is 0 Å². The van der Waals surface area contributed by atoms with Gasteiger partial charge < -0.3 is 10.2 Å². The number of aromatic nitrogens is 3. The maximum atomic E-state index is 14.6. The van der Waals surface area contributed by atoms with Crippen LogP contribution in [0.15, 0.2) is 30.5 Å². The van der Waals surface area contributed by atoms with Crippen molar-refractivity contribution in [1.82, 2.24) is 15.2 Å². The number of alkyl halides is 4. The van der Waals surface area contributed by atoms with E-state index in [1.807, 2.05) is 4.90 Å². The summed E-state index contributed by atoms with van der Waals surface area (Å²) in [5.74, 6) is -3.33. The number of aryl methyl sites for hydroxylation is 1. The van der Waals surface area contributed by atoms with Crippen molar-refractivity contribution in [3.63, 3.8) is 0 Å². The molecule has 1 N–H and O–H groups in total. The summed E-state index contributed by atoms with van der Waals surface area (Å²) in [6.45, 7) is 3.76. The van der Waals surface area contributed by atoms with E-state index >= 15 is 0 Å². The predicted molar refractivity (Wildman–Crippen MR) is 112 cm³/mol. The van der Waals surface area contributed by atoms with E-state index in [1.54, 1.807) is 26.1 Å². The van der Waals surface area contributed by atoms with Crippen LogP contribution in [0.2, 0.25) is 0 Å². The van der Waals surface area contributed by atoms with Crippen molar-refractivity contribution >= 4 is 22.4 Å². The molecular weight excluding hydrogens is 429 g/mol. The molecule has 0 radical (unpaired) electrons. The first-order chi connectivity index (χ1) is 15.2. The fourth-order valence-corrected chi connectivity index (χ4v) is 3.87. The lowest BCUT2D eigenvalue weighted by atomic mass is 10.0. The number of nitrogens with zero attached hydrogens (tertiary/aromatic N) is 4. The molecule has 1 aliphatic heterocycles. The Hall–Kier alpha value is -3.04. The number of hydrogen-bond acceptors (Lipinski definition) is 5. The minimum atomic E-state index is -2.93. The van der Waals surface area contributed by atoms with Crippen LogP contribution in [0.1, 0.15) is 49.1 Å². The van der Waals surface area contributed by atoms with Crippen molar-refractivity contribution in [2.75, 3.05) is 23.3 Å². The average Bonchev–Trinajstić information content (AvgIpc) is 2.75. The van der Waals surface area contributed by atoms with Crippen LogP contribution in [-0.2, 0) is 0 Å². The zero-order chi connectivity index (χ0) is 23.0. The molecule has 32 heavy (non-hydrogen) atoms. The maximum absolute atomic E-state index is 14.6. The summed E-state index contributed by atoms with van der Waals surface area (Å²) in [5, 5.41) is 11.9. The first-order valence-corrected chi connectivity index (χ1v) is 10.2. The molecule has 3 heterocycles. The molecule has 10 heteroatoms. The van der Waals surface area contributed by atoms with Crippen molar-refractivity contribution in [3.05, 3.63) is 53.1 Å². The van der Waals surface area contributed by atoms with E-state index in [1.165, 1.54) is 12.1 Å². The Morgan fingerprint density at radius 2 is 1.78 bits per heavy atom. The van der Waals surface area contributed by atoms with Crippen molar-refractivity contribution in [1.29, 1.82) is 0 Å². The van der Waals surface area contributed by atoms with Crippen molar-refractivity contribution in [2.24, 2.45) is 0 Å². The lowest BCUT2D eigenvalue weighted by Gasteiger charge is -2.33. The molecule has 2 aromatic heterocycles. The number of nitrogens with one attached hydrogen (secondary N) is 1. The molecule has 0 spiro atoms. The van der Waals surface area contributed by atoms with Crippen LogP contribution in [0.3, 0.4) is 0 Å². The van der Waals surface area contributed by atoms with Gasteiger partial charge in [0, 0.05) is 36.9 Å². The summed E-state index contributed by atoms with van der Waals surface area (Å²) in [6, 6.07) is 4.96. The molecule has 0 aliphatic carbocycles. The monoisotopic (exact) mass is 451 g/mol. The van der Waals surface area contributed by atoms with Gasteiger partial charge in [-0.1, -0.05) is 18.2 Å². The molecule has 1 aromatic carbocycles. The third-order valence-electron chi connectivity index (χ3n) is 5.74. The maximum Gasteiger partial charge on any atom is 0.266 e. The van der Waals surface area contributed by atoms with Crippen LogP contribution in [0.5, 0.6) is 0 Å². The molecule has 3 aromatic rings. The topological polar surface area (TPSA) is 53.9 Å². The van der Waals surface area contributed by atoms with Crippen LogP contribution in [0.25, 0.3) is 10.9 Å². The van der Waals surface area contributed by atoms with E-state index in [0.717, 1.165) is 6.07 Å². The Balaban J connectivity index is 1.67. The summed E-state index contributed by atoms with van der Waals surface area (Å²) in [6.07, 6.45) is -1.79. The third-order valence-corrected chi connectivity index (χ3v) is 5.74.